The number of thioether (sulfide) groups is 1. The number of anilines is 1. The van der Waals surface area contributed by atoms with E-state index in [-0.39, 0.29) is 5.91 Å². The van der Waals surface area contributed by atoms with Crippen LogP contribution in [0.5, 0.6) is 0 Å². The van der Waals surface area contributed by atoms with Gasteiger partial charge in [-0.1, -0.05) is 12.1 Å². The van der Waals surface area contributed by atoms with E-state index in [1.165, 1.54) is 17.3 Å². The van der Waals surface area contributed by atoms with Crippen LogP contribution in [-0.4, -0.2) is 16.2 Å². The summed E-state index contributed by atoms with van der Waals surface area (Å²) >= 11 is 1.45. The quantitative estimate of drug-likeness (QED) is 0.795. The molecule has 0 aliphatic carbocycles. The Morgan fingerprint density at radius 3 is 2.84 bits per heavy atom. The summed E-state index contributed by atoms with van der Waals surface area (Å²) in [4.78, 5) is 11.9. The molecule has 19 heavy (non-hydrogen) atoms. The molecule has 0 bridgehead atoms. The molecule has 1 amide bonds. The number of nitrogens with two attached hydrogens (primary N) is 1. The Bertz CT molecular complexity index is 565. The Labute approximate surface area is 117 Å². The number of carbonyl (C=O) groups excluding carboxylic acids is 1. The predicted octanol–water partition coefficient (Wildman–Crippen LogP) is 2.21. The number of hydrogen-bond acceptors (Lipinski definition) is 3. The van der Waals surface area contributed by atoms with E-state index in [2.05, 4.69) is 17.6 Å². The van der Waals surface area contributed by atoms with Crippen molar-refractivity contribution in [1.29, 1.82) is 0 Å². The zero-order valence-corrected chi connectivity index (χ0v) is 11.6. The second-order valence-electron chi connectivity index (χ2n) is 4.29. The molecule has 0 aliphatic heterocycles. The highest BCUT2D eigenvalue weighted by Crippen LogP contribution is 2.27. The monoisotopic (exact) mass is 275 g/mol. The number of aryl methyl sites for hydroxylation is 1. The van der Waals surface area contributed by atoms with Crippen molar-refractivity contribution >= 4 is 23.4 Å². The highest BCUT2D eigenvalue weighted by molar-refractivity contribution is 8.00. The largest absolute Gasteiger partial charge is 0.380 e. The van der Waals surface area contributed by atoms with Gasteiger partial charge in [0.1, 0.15) is 0 Å². The first kappa shape index (κ1) is 13.5. The first-order valence-electron chi connectivity index (χ1n) is 6.00. The van der Waals surface area contributed by atoms with Gasteiger partial charge in [-0.05, 0) is 23.8 Å². The highest BCUT2D eigenvalue weighted by atomic mass is 32.2. The Kier molecular flexibility index (Phi) is 4.52. The molecule has 0 aliphatic rings. The minimum Gasteiger partial charge on any atom is -0.380 e. The van der Waals surface area contributed by atoms with Gasteiger partial charge < -0.3 is 15.6 Å². The van der Waals surface area contributed by atoms with Crippen LogP contribution in [0.25, 0.3) is 0 Å². The molecule has 0 saturated carbocycles. The van der Waals surface area contributed by atoms with Crippen molar-refractivity contribution in [2.24, 2.45) is 12.8 Å². The third-order valence-corrected chi connectivity index (χ3v) is 3.73. The summed E-state index contributed by atoms with van der Waals surface area (Å²) in [5.41, 5.74) is 7.42. The van der Waals surface area contributed by atoms with Gasteiger partial charge in [0.2, 0.25) is 5.91 Å². The second-order valence-corrected chi connectivity index (χ2v) is 5.31. The first-order chi connectivity index (χ1) is 9.15. The van der Waals surface area contributed by atoms with Crippen molar-refractivity contribution in [1.82, 2.24) is 4.57 Å². The highest BCUT2D eigenvalue weighted by Gasteiger charge is 2.04. The van der Waals surface area contributed by atoms with Crippen molar-refractivity contribution in [3.63, 3.8) is 0 Å². The summed E-state index contributed by atoms with van der Waals surface area (Å²) in [6.45, 7) is 0.759. The summed E-state index contributed by atoms with van der Waals surface area (Å²) in [6.07, 6.45) is 4.09. The van der Waals surface area contributed by atoms with Crippen LogP contribution in [0.4, 0.5) is 5.69 Å². The van der Waals surface area contributed by atoms with Gasteiger partial charge >= 0.3 is 0 Å². The number of nitrogens with one attached hydrogen (secondary N) is 1. The number of amides is 1. The third kappa shape index (κ3) is 4.06. The molecule has 0 fully saturated rings. The van der Waals surface area contributed by atoms with Gasteiger partial charge in [-0.2, -0.15) is 0 Å². The third-order valence-electron chi connectivity index (χ3n) is 2.63. The zero-order chi connectivity index (χ0) is 13.7. The Morgan fingerprint density at radius 2 is 2.16 bits per heavy atom. The smallest absolute Gasteiger partial charge is 0.227 e. The number of nitrogens with zero attached hydrogens (tertiary/aromatic N) is 1. The Morgan fingerprint density at radius 1 is 1.37 bits per heavy atom. The van der Waals surface area contributed by atoms with E-state index in [0.29, 0.717) is 5.75 Å². The topological polar surface area (TPSA) is 60.1 Å². The number of hydrogen-bond donors (Lipinski definition) is 2. The molecule has 4 nitrogen and oxygen atoms in total. The number of aromatic nitrogens is 1. The standard InChI is InChI=1S/C14H17N3OS/c1-17-7-6-11(9-17)8-16-12-4-2-3-5-13(12)19-10-14(15)18/h2-7,9,16H,8,10H2,1H3,(H2,15,18). The fraction of sp³-hybridized carbons (Fsp3) is 0.214. The van der Waals surface area contributed by atoms with E-state index in [9.17, 15) is 4.79 Å². The molecule has 1 heterocycles. The molecule has 2 aromatic rings. The molecule has 0 radical (unpaired) electrons. The lowest BCUT2D eigenvalue weighted by molar-refractivity contribution is -0.115. The van der Waals surface area contributed by atoms with E-state index < -0.39 is 0 Å². The van der Waals surface area contributed by atoms with Gasteiger partial charge in [0, 0.05) is 36.6 Å². The van der Waals surface area contributed by atoms with E-state index in [1.807, 2.05) is 42.1 Å². The summed E-state index contributed by atoms with van der Waals surface area (Å²) in [6, 6.07) is 10.00. The summed E-state index contributed by atoms with van der Waals surface area (Å²) in [5, 5.41) is 3.38. The lowest BCUT2D eigenvalue weighted by Crippen LogP contribution is -2.13. The van der Waals surface area contributed by atoms with Crippen LogP contribution < -0.4 is 11.1 Å². The maximum absolute atomic E-state index is 10.8. The summed E-state index contributed by atoms with van der Waals surface area (Å²) < 4.78 is 2.02. The van der Waals surface area contributed by atoms with Crippen molar-refractivity contribution in [3.8, 4) is 0 Å². The average Bonchev–Trinajstić information content (AvgIpc) is 2.80. The minimum atomic E-state index is -0.303. The molecular weight excluding hydrogens is 258 g/mol. The van der Waals surface area contributed by atoms with Crippen molar-refractivity contribution in [2.75, 3.05) is 11.1 Å². The lowest BCUT2D eigenvalue weighted by Gasteiger charge is -2.10. The van der Waals surface area contributed by atoms with E-state index in [0.717, 1.165) is 17.1 Å². The number of rotatable bonds is 6. The van der Waals surface area contributed by atoms with E-state index >= 15 is 0 Å². The number of primary amides is 1. The molecule has 3 N–H and O–H groups in total. The van der Waals surface area contributed by atoms with Gasteiger partial charge in [0.05, 0.1) is 5.75 Å². The molecule has 0 unspecified atom stereocenters. The lowest BCUT2D eigenvalue weighted by atomic mass is 10.3. The number of carbonyl (C=O) groups is 1. The number of para-hydroxylation sites is 1. The van der Waals surface area contributed by atoms with Crippen LogP contribution in [-0.2, 0) is 18.4 Å². The zero-order valence-electron chi connectivity index (χ0n) is 10.8. The molecule has 2 rings (SSSR count). The molecule has 0 saturated heterocycles. The molecule has 0 atom stereocenters. The normalized spacial score (nSPS) is 10.4. The maximum Gasteiger partial charge on any atom is 0.227 e. The van der Waals surface area contributed by atoms with Crippen LogP contribution in [0, 0.1) is 0 Å². The van der Waals surface area contributed by atoms with Gasteiger partial charge in [-0.3, -0.25) is 4.79 Å². The predicted molar refractivity (Wildman–Crippen MR) is 79.1 cm³/mol. The fourth-order valence-electron chi connectivity index (χ4n) is 1.75. The molecular formula is C14H17N3OS. The molecule has 1 aromatic carbocycles. The fourth-order valence-corrected chi connectivity index (χ4v) is 2.52. The SMILES string of the molecule is Cn1ccc(CNc2ccccc2SCC(N)=O)c1. The maximum atomic E-state index is 10.8. The van der Waals surface area contributed by atoms with E-state index in [4.69, 9.17) is 5.73 Å². The number of benzene rings is 1. The summed E-state index contributed by atoms with van der Waals surface area (Å²) in [5.74, 6) is -0.00724. The van der Waals surface area contributed by atoms with Crippen LogP contribution in [0.1, 0.15) is 5.56 Å². The Hall–Kier alpha value is -1.88. The van der Waals surface area contributed by atoms with Gasteiger partial charge in [0.25, 0.3) is 0 Å². The van der Waals surface area contributed by atoms with Crippen molar-refractivity contribution in [3.05, 3.63) is 48.3 Å². The summed E-state index contributed by atoms with van der Waals surface area (Å²) in [7, 11) is 2.00. The van der Waals surface area contributed by atoms with Crippen LogP contribution >= 0.6 is 11.8 Å². The van der Waals surface area contributed by atoms with Crippen LogP contribution in [0.2, 0.25) is 0 Å². The molecule has 100 valence electrons. The van der Waals surface area contributed by atoms with Gasteiger partial charge in [-0.15, -0.1) is 11.8 Å². The first-order valence-corrected chi connectivity index (χ1v) is 6.98. The Balaban J connectivity index is 2.01. The minimum absolute atomic E-state index is 0.296. The molecule has 1 aromatic heterocycles. The second kappa shape index (κ2) is 6.33. The average molecular weight is 275 g/mol. The van der Waals surface area contributed by atoms with Crippen LogP contribution in [0.3, 0.4) is 0 Å². The van der Waals surface area contributed by atoms with Gasteiger partial charge in [-0.25, -0.2) is 0 Å². The molecule has 5 heteroatoms. The van der Waals surface area contributed by atoms with Gasteiger partial charge in [0.15, 0.2) is 0 Å². The van der Waals surface area contributed by atoms with Crippen molar-refractivity contribution < 1.29 is 4.79 Å². The van der Waals surface area contributed by atoms with Crippen molar-refractivity contribution in [2.45, 2.75) is 11.4 Å². The van der Waals surface area contributed by atoms with Crippen LogP contribution in [0.15, 0.2) is 47.6 Å². The molecule has 0 spiro atoms. The van der Waals surface area contributed by atoms with E-state index in [1.54, 1.807) is 0 Å².